The maximum absolute atomic E-state index is 11.9. The van der Waals surface area contributed by atoms with Crippen LogP contribution < -0.4 is 4.90 Å². The third-order valence-electron chi connectivity index (χ3n) is 4.18. The van der Waals surface area contributed by atoms with Crippen LogP contribution in [-0.2, 0) is 4.79 Å². The topological polar surface area (TPSA) is 64.3 Å². The number of carboxylic acids is 1. The van der Waals surface area contributed by atoms with Gasteiger partial charge in [-0.1, -0.05) is 19.4 Å². The molecular formula is C16H20N2O2S. The summed E-state index contributed by atoms with van der Waals surface area (Å²) >= 11 is 1.52. The minimum Gasteiger partial charge on any atom is -0.479 e. The molecule has 1 heterocycles. The van der Waals surface area contributed by atoms with Crippen LogP contribution in [0.2, 0.25) is 0 Å². The molecule has 0 bridgehead atoms. The van der Waals surface area contributed by atoms with Crippen molar-refractivity contribution < 1.29 is 9.90 Å². The Morgan fingerprint density at radius 3 is 2.90 bits per heavy atom. The van der Waals surface area contributed by atoms with Crippen LogP contribution in [-0.4, -0.2) is 29.4 Å². The van der Waals surface area contributed by atoms with Gasteiger partial charge in [-0.25, -0.2) is 4.79 Å². The van der Waals surface area contributed by atoms with Gasteiger partial charge in [-0.15, -0.1) is 11.8 Å². The van der Waals surface area contributed by atoms with E-state index in [1.54, 1.807) is 0 Å². The Balaban J connectivity index is 2.55. The first kappa shape index (κ1) is 15.7. The van der Waals surface area contributed by atoms with Crippen LogP contribution in [0.3, 0.4) is 0 Å². The average Bonchev–Trinajstić information content (AvgIpc) is 2.91. The lowest BCUT2D eigenvalue weighted by Crippen LogP contribution is -2.51. The number of anilines is 1. The monoisotopic (exact) mass is 304 g/mol. The first-order valence-electron chi connectivity index (χ1n) is 7.19. The van der Waals surface area contributed by atoms with Crippen molar-refractivity contribution in [1.29, 1.82) is 5.26 Å². The van der Waals surface area contributed by atoms with Crippen molar-refractivity contribution in [2.45, 2.75) is 43.0 Å². The van der Waals surface area contributed by atoms with Gasteiger partial charge in [0.05, 0.1) is 11.3 Å². The molecule has 21 heavy (non-hydrogen) atoms. The van der Waals surface area contributed by atoms with Crippen molar-refractivity contribution in [3.63, 3.8) is 0 Å². The minimum atomic E-state index is -0.864. The zero-order valence-electron chi connectivity index (χ0n) is 12.4. The summed E-state index contributed by atoms with van der Waals surface area (Å²) in [5.41, 5.74) is 0.489. The smallest absolute Gasteiger partial charge is 0.329 e. The van der Waals surface area contributed by atoms with Crippen LogP contribution >= 0.6 is 11.8 Å². The fraction of sp³-hybridized carbons (Fsp3) is 0.500. The number of nitrogens with zero attached hydrogens (tertiary/aromatic N) is 2. The molecule has 112 valence electrons. The Kier molecular flexibility index (Phi) is 4.79. The fourth-order valence-electron chi connectivity index (χ4n) is 3.26. The summed E-state index contributed by atoms with van der Waals surface area (Å²) in [5.74, 6) is -0.778. The molecule has 0 radical (unpaired) electrons. The Morgan fingerprint density at radius 2 is 2.33 bits per heavy atom. The quantitative estimate of drug-likeness (QED) is 0.843. The molecule has 0 amide bonds. The maximum Gasteiger partial charge on any atom is 0.329 e. The van der Waals surface area contributed by atoms with E-state index in [2.05, 4.69) is 6.07 Å². The lowest BCUT2D eigenvalue weighted by molar-refractivity contribution is -0.143. The van der Waals surface area contributed by atoms with Crippen LogP contribution in [0.4, 0.5) is 5.69 Å². The number of benzene rings is 1. The molecule has 1 saturated heterocycles. The predicted octanol–water partition coefficient (Wildman–Crippen LogP) is 3.50. The molecule has 5 heteroatoms. The largest absolute Gasteiger partial charge is 0.479 e. The zero-order valence-corrected chi connectivity index (χ0v) is 13.2. The number of carbonyl (C=O) groups is 1. The summed E-state index contributed by atoms with van der Waals surface area (Å²) in [7, 11) is 0. The highest BCUT2D eigenvalue weighted by Gasteiger charge is 2.47. The van der Waals surface area contributed by atoms with Gasteiger partial charge in [-0.3, -0.25) is 0 Å². The SMILES string of the molecule is CCCC1(C(=O)O)CCCN1c1cccc(SC)c1C#N. The average molecular weight is 304 g/mol. The number of aliphatic carboxylic acids is 1. The van der Waals surface area contributed by atoms with Crippen molar-refractivity contribution >= 4 is 23.4 Å². The van der Waals surface area contributed by atoms with Gasteiger partial charge in [0.2, 0.25) is 0 Å². The van der Waals surface area contributed by atoms with Gasteiger partial charge in [0.25, 0.3) is 0 Å². The Labute approximate surface area is 129 Å². The first-order valence-corrected chi connectivity index (χ1v) is 8.41. The second-order valence-electron chi connectivity index (χ2n) is 5.31. The fourth-order valence-corrected chi connectivity index (χ4v) is 3.83. The standard InChI is InChI=1S/C16H20N2O2S/c1-3-8-16(15(19)20)9-5-10-18(16)13-6-4-7-14(21-2)12(13)11-17/h4,6-7H,3,5,8-10H2,1-2H3,(H,19,20). The Hall–Kier alpha value is -1.67. The lowest BCUT2D eigenvalue weighted by Gasteiger charge is -2.37. The summed E-state index contributed by atoms with van der Waals surface area (Å²) < 4.78 is 0. The third kappa shape index (κ3) is 2.60. The van der Waals surface area contributed by atoms with E-state index in [1.807, 2.05) is 36.3 Å². The number of rotatable bonds is 5. The summed E-state index contributed by atoms with van der Waals surface area (Å²) in [6.07, 6.45) is 4.84. The number of thioether (sulfide) groups is 1. The highest BCUT2D eigenvalue weighted by Crippen LogP contribution is 2.41. The first-order chi connectivity index (χ1) is 10.1. The van der Waals surface area contributed by atoms with Crippen LogP contribution in [0.15, 0.2) is 23.1 Å². The van der Waals surface area contributed by atoms with Crippen LogP contribution in [0.25, 0.3) is 0 Å². The third-order valence-corrected chi connectivity index (χ3v) is 4.96. The normalized spacial score (nSPS) is 21.3. The van der Waals surface area contributed by atoms with Crippen molar-refractivity contribution in [1.82, 2.24) is 0 Å². The van der Waals surface area contributed by atoms with Gasteiger partial charge in [0.15, 0.2) is 0 Å². The van der Waals surface area contributed by atoms with Crippen LogP contribution in [0.5, 0.6) is 0 Å². The molecule has 0 aromatic heterocycles. The molecule has 0 aliphatic carbocycles. The van der Waals surface area contributed by atoms with Gasteiger partial charge < -0.3 is 10.0 Å². The highest BCUT2D eigenvalue weighted by molar-refractivity contribution is 7.98. The Morgan fingerprint density at radius 1 is 1.57 bits per heavy atom. The van der Waals surface area contributed by atoms with Gasteiger partial charge >= 0.3 is 5.97 Å². The second-order valence-corrected chi connectivity index (χ2v) is 6.16. The summed E-state index contributed by atoms with van der Waals surface area (Å²) in [6.45, 7) is 2.70. The van der Waals surface area contributed by atoms with Crippen LogP contribution in [0, 0.1) is 11.3 Å². The van der Waals surface area contributed by atoms with Crippen molar-refractivity contribution in [3.05, 3.63) is 23.8 Å². The molecule has 1 aromatic rings. The van der Waals surface area contributed by atoms with Gasteiger partial charge in [-0.2, -0.15) is 5.26 Å². The molecule has 1 aliphatic rings. The number of hydrogen-bond acceptors (Lipinski definition) is 4. The van der Waals surface area contributed by atoms with Gasteiger partial charge in [0.1, 0.15) is 11.6 Å². The van der Waals surface area contributed by atoms with Crippen LogP contribution in [0.1, 0.15) is 38.2 Å². The van der Waals surface area contributed by atoms with E-state index in [9.17, 15) is 15.2 Å². The van der Waals surface area contributed by atoms with Gasteiger partial charge in [-0.05, 0) is 37.7 Å². The molecule has 1 aromatic carbocycles. The Bertz CT molecular complexity index is 582. The zero-order chi connectivity index (χ0) is 15.5. The number of carboxylic acid groups (broad SMARTS) is 1. The highest BCUT2D eigenvalue weighted by atomic mass is 32.2. The van der Waals surface area contributed by atoms with Gasteiger partial charge in [0, 0.05) is 11.4 Å². The van der Waals surface area contributed by atoms with E-state index in [-0.39, 0.29) is 0 Å². The number of hydrogen-bond donors (Lipinski definition) is 1. The van der Waals surface area contributed by atoms with E-state index in [4.69, 9.17) is 0 Å². The summed E-state index contributed by atoms with van der Waals surface area (Å²) in [5, 5.41) is 19.3. The van der Waals surface area contributed by atoms with Crippen molar-refractivity contribution in [3.8, 4) is 6.07 Å². The van der Waals surface area contributed by atoms with E-state index < -0.39 is 11.5 Å². The molecule has 2 rings (SSSR count). The predicted molar refractivity (Wildman–Crippen MR) is 84.8 cm³/mol. The lowest BCUT2D eigenvalue weighted by atomic mass is 9.90. The summed E-state index contributed by atoms with van der Waals surface area (Å²) in [4.78, 5) is 14.8. The molecule has 1 aliphatic heterocycles. The van der Waals surface area contributed by atoms with Crippen molar-refractivity contribution in [2.24, 2.45) is 0 Å². The molecule has 0 saturated carbocycles. The molecule has 0 spiro atoms. The van der Waals surface area contributed by atoms with E-state index in [0.717, 1.165) is 23.4 Å². The van der Waals surface area contributed by atoms with E-state index in [1.165, 1.54) is 11.8 Å². The molecule has 1 unspecified atom stereocenters. The maximum atomic E-state index is 11.9. The molecular weight excluding hydrogens is 284 g/mol. The van der Waals surface area contributed by atoms with E-state index >= 15 is 0 Å². The second kappa shape index (κ2) is 6.40. The van der Waals surface area contributed by atoms with Crippen molar-refractivity contribution in [2.75, 3.05) is 17.7 Å². The minimum absolute atomic E-state index is 0.591. The van der Waals surface area contributed by atoms with E-state index in [0.29, 0.717) is 24.9 Å². The molecule has 1 N–H and O–H groups in total. The number of nitriles is 1. The summed E-state index contributed by atoms with van der Waals surface area (Å²) in [6, 6.07) is 7.94. The molecule has 1 fully saturated rings. The molecule has 4 nitrogen and oxygen atoms in total. The molecule has 1 atom stereocenters.